The number of hydrogen-bond donors (Lipinski definition) is 2. The van der Waals surface area contributed by atoms with Gasteiger partial charge in [0.25, 0.3) is 0 Å². The zero-order valence-corrected chi connectivity index (χ0v) is 17.3. The highest BCUT2D eigenvalue weighted by molar-refractivity contribution is 14.1. The van der Waals surface area contributed by atoms with Crippen molar-refractivity contribution in [3.8, 4) is 17.2 Å². The van der Waals surface area contributed by atoms with Crippen LogP contribution in [-0.4, -0.2) is 31.4 Å². The molecule has 0 atom stereocenters. The lowest BCUT2D eigenvalue weighted by atomic mass is 10.1. The molecule has 25 heavy (non-hydrogen) atoms. The molecular weight excluding hydrogens is 503 g/mol. The first-order valence-corrected chi connectivity index (χ1v) is 9.02. The van der Waals surface area contributed by atoms with Crippen molar-refractivity contribution in [1.29, 1.82) is 0 Å². The molecule has 8 heteroatoms. The molecule has 2 rings (SSSR count). The summed E-state index contributed by atoms with van der Waals surface area (Å²) in [4.78, 5) is 12.0. The molecule has 2 aromatic rings. The number of carbonyl (C=O) groups excluding carboxylic acids is 1. The van der Waals surface area contributed by atoms with Gasteiger partial charge >= 0.3 is 0 Å². The number of amides is 1. The lowest BCUT2D eigenvalue weighted by Gasteiger charge is -2.09. The number of carbonyl (C=O) groups is 1. The number of hydrogen-bond acceptors (Lipinski definition) is 5. The van der Waals surface area contributed by atoms with E-state index in [2.05, 4.69) is 26.5 Å². The van der Waals surface area contributed by atoms with E-state index in [1.807, 2.05) is 22.6 Å². The van der Waals surface area contributed by atoms with Crippen LogP contribution in [-0.2, 0) is 11.2 Å². The zero-order chi connectivity index (χ0) is 18.4. The van der Waals surface area contributed by atoms with Crippen LogP contribution in [0.4, 0.5) is 0 Å². The number of phenols is 1. The average Bonchev–Trinajstić information content (AvgIpc) is 2.58. The predicted molar refractivity (Wildman–Crippen MR) is 108 cm³/mol. The number of hydrazone groups is 1. The van der Waals surface area contributed by atoms with Gasteiger partial charge < -0.3 is 14.6 Å². The first-order chi connectivity index (χ1) is 11.9. The molecule has 2 N–H and O–H groups in total. The third-order valence-corrected chi connectivity index (χ3v) is 4.54. The van der Waals surface area contributed by atoms with Crippen LogP contribution in [0.25, 0.3) is 0 Å². The van der Waals surface area contributed by atoms with E-state index in [9.17, 15) is 9.90 Å². The van der Waals surface area contributed by atoms with Crippen molar-refractivity contribution in [1.82, 2.24) is 5.43 Å². The SMILES string of the molecule is COc1ccc(CC(=O)N/N=C/c2cc(Br)cc(I)c2O)cc1OC. The highest BCUT2D eigenvalue weighted by Gasteiger charge is 2.08. The second-order valence-corrected chi connectivity index (χ2v) is 7.06. The van der Waals surface area contributed by atoms with Crippen LogP contribution in [0.15, 0.2) is 39.9 Å². The first kappa shape index (κ1) is 19.5. The minimum absolute atomic E-state index is 0.113. The average molecular weight is 519 g/mol. The van der Waals surface area contributed by atoms with E-state index < -0.39 is 0 Å². The Balaban J connectivity index is 2.01. The second kappa shape index (κ2) is 9.04. The fourth-order valence-electron chi connectivity index (χ4n) is 2.07. The van der Waals surface area contributed by atoms with E-state index in [1.165, 1.54) is 13.3 Å². The van der Waals surface area contributed by atoms with E-state index in [0.717, 1.165) is 10.0 Å². The van der Waals surface area contributed by atoms with Gasteiger partial charge in [0.05, 0.1) is 30.4 Å². The Morgan fingerprint density at radius 3 is 2.68 bits per heavy atom. The Hall–Kier alpha value is -1.81. The molecule has 0 fully saturated rings. The van der Waals surface area contributed by atoms with Crippen molar-refractivity contribution < 1.29 is 19.4 Å². The minimum Gasteiger partial charge on any atom is -0.506 e. The third-order valence-electron chi connectivity index (χ3n) is 3.26. The molecule has 0 saturated carbocycles. The number of ether oxygens (including phenoxy) is 2. The number of phenolic OH excluding ortho intramolecular Hbond substituents is 1. The number of benzene rings is 2. The summed E-state index contributed by atoms with van der Waals surface area (Å²) >= 11 is 5.37. The summed E-state index contributed by atoms with van der Waals surface area (Å²) in [6.45, 7) is 0. The Labute approximate surface area is 167 Å². The number of nitrogens with one attached hydrogen (secondary N) is 1. The molecule has 0 aromatic heterocycles. The van der Waals surface area contributed by atoms with Crippen molar-refractivity contribution in [2.24, 2.45) is 5.10 Å². The molecule has 6 nitrogen and oxygen atoms in total. The van der Waals surface area contributed by atoms with Crippen molar-refractivity contribution in [3.05, 3.63) is 49.5 Å². The fraction of sp³-hybridized carbons (Fsp3) is 0.176. The predicted octanol–water partition coefficient (Wildman–Crippen LogP) is 3.47. The van der Waals surface area contributed by atoms with E-state index in [0.29, 0.717) is 20.6 Å². The maximum atomic E-state index is 12.0. The summed E-state index contributed by atoms with van der Waals surface area (Å²) in [6.07, 6.45) is 1.54. The largest absolute Gasteiger partial charge is 0.506 e. The van der Waals surface area contributed by atoms with Gasteiger partial charge in [-0.2, -0.15) is 5.10 Å². The standard InChI is InChI=1S/C17H16BrIN2O4/c1-24-14-4-3-10(5-15(14)25-2)6-16(22)21-20-9-11-7-12(18)8-13(19)17(11)23/h3-5,7-9,23H,6H2,1-2H3,(H,21,22)/b20-9+. The Morgan fingerprint density at radius 1 is 1.28 bits per heavy atom. The topological polar surface area (TPSA) is 80.2 Å². The van der Waals surface area contributed by atoms with Crippen LogP contribution in [0.1, 0.15) is 11.1 Å². The fourth-order valence-corrected chi connectivity index (χ4v) is 3.62. The number of aromatic hydroxyl groups is 1. The summed E-state index contributed by atoms with van der Waals surface area (Å²) in [7, 11) is 3.09. The van der Waals surface area contributed by atoms with E-state index in [4.69, 9.17) is 9.47 Å². The molecule has 0 radical (unpaired) electrons. The van der Waals surface area contributed by atoms with Crippen molar-refractivity contribution in [2.45, 2.75) is 6.42 Å². The molecule has 1 amide bonds. The Morgan fingerprint density at radius 2 is 2.00 bits per heavy atom. The molecule has 0 saturated heterocycles. The number of nitrogens with zero attached hydrogens (tertiary/aromatic N) is 1. The first-order valence-electron chi connectivity index (χ1n) is 7.15. The summed E-state index contributed by atoms with van der Waals surface area (Å²) in [5.74, 6) is 0.990. The summed E-state index contributed by atoms with van der Waals surface area (Å²) < 4.78 is 11.9. The lowest BCUT2D eigenvalue weighted by molar-refractivity contribution is -0.120. The van der Waals surface area contributed by atoms with Gasteiger partial charge in [0, 0.05) is 10.0 Å². The van der Waals surface area contributed by atoms with E-state index in [1.54, 1.807) is 37.4 Å². The summed E-state index contributed by atoms with van der Waals surface area (Å²) in [5, 5.41) is 13.9. The summed E-state index contributed by atoms with van der Waals surface area (Å²) in [5.41, 5.74) is 3.71. The highest BCUT2D eigenvalue weighted by Crippen LogP contribution is 2.28. The van der Waals surface area contributed by atoms with E-state index >= 15 is 0 Å². The van der Waals surface area contributed by atoms with Gasteiger partial charge in [-0.1, -0.05) is 22.0 Å². The van der Waals surface area contributed by atoms with Gasteiger partial charge in [0.1, 0.15) is 5.75 Å². The zero-order valence-electron chi connectivity index (χ0n) is 13.5. The highest BCUT2D eigenvalue weighted by atomic mass is 127. The number of rotatable bonds is 6. The van der Waals surface area contributed by atoms with Crippen LogP contribution in [0, 0.1) is 3.57 Å². The number of halogens is 2. The molecule has 0 aliphatic carbocycles. The molecule has 132 valence electrons. The van der Waals surface area contributed by atoms with Gasteiger partial charge in [-0.15, -0.1) is 0 Å². The molecule has 2 aromatic carbocycles. The van der Waals surface area contributed by atoms with Gasteiger partial charge in [0.15, 0.2) is 11.5 Å². The molecule has 0 spiro atoms. The van der Waals surface area contributed by atoms with Crippen LogP contribution in [0.5, 0.6) is 17.2 Å². The van der Waals surface area contributed by atoms with Crippen molar-refractivity contribution in [2.75, 3.05) is 14.2 Å². The molecule has 0 bridgehead atoms. The molecule has 0 heterocycles. The van der Waals surface area contributed by atoms with Crippen molar-refractivity contribution in [3.63, 3.8) is 0 Å². The van der Waals surface area contributed by atoms with Gasteiger partial charge in [0.2, 0.25) is 5.91 Å². The van der Waals surface area contributed by atoms with Gasteiger partial charge in [-0.05, 0) is 52.4 Å². The van der Waals surface area contributed by atoms with Crippen LogP contribution < -0.4 is 14.9 Å². The Kier molecular flexibility index (Phi) is 7.06. The third kappa shape index (κ3) is 5.33. The van der Waals surface area contributed by atoms with Crippen LogP contribution >= 0.6 is 38.5 Å². The lowest BCUT2D eigenvalue weighted by Crippen LogP contribution is -2.19. The minimum atomic E-state index is -0.285. The van der Waals surface area contributed by atoms with E-state index in [-0.39, 0.29) is 18.1 Å². The van der Waals surface area contributed by atoms with Gasteiger partial charge in [-0.25, -0.2) is 5.43 Å². The molecule has 0 aliphatic heterocycles. The normalized spacial score (nSPS) is 10.7. The molecule has 0 unspecified atom stereocenters. The number of methoxy groups -OCH3 is 2. The quantitative estimate of drug-likeness (QED) is 0.348. The van der Waals surface area contributed by atoms with Crippen LogP contribution in [0.3, 0.4) is 0 Å². The molecule has 0 aliphatic rings. The van der Waals surface area contributed by atoms with Crippen LogP contribution in [0.2, 0.25) is 0 Å². The maximum absolute atomic E-state index is 12.0. The van der Waals surface area contributed by atoms with Crippen molar-refractivity contribution >= 4 is 50.6 Å². The maximum Gasteiger partial charge on any atom is 0.244 e. The monoisotopic (exact) mass is 518 g/mol. The second-order valence-electron chi connectivity index (χ2n) is 4.98. The molecular formula is C17H16BrIN2O4. The smallest absolute Gasteiger partial charge is 0.244 e. The van der Waals surface area contributed by atoms with Gasteiger partial charge in [-0.3, -0.25) is 4.79 Å². The summed E-state index contributed by atoms with van der Waals surface area (Å²) in [6, 6.07) is 8.76. The Bertz CT molecular complexity index is 811.